The second-order valence-corrected chi connectivity index (χ2v) is 5.39. The maximum absolute atomic E-state index is 12.7. The predicted molar refractivity (Wildman–Crippen MR) is 83.5 cm³/mol. The van der Waals surface area contributed by atoms with Crippen molar-refractivity contribution in [2.24, 2.45) is 0 Å². The van der Waals surface area contributed by atoms with E-state index in [-0.39, 0.29) is 17.3 Å². The number of halogens is 4. The minimum Gasteiger partial charge on any atom is -0.334 e. The van der Waals surface area contributed by atoms with Gasteiger partial charge in [-0.05, 0) is 30.7 Å². The normalized spacial score (nSPS) is 11.2. The van der Waals surface area contributed by atoms with Gasteiger partial charge >= 0.3 is 12.2 Å². The topological polar surface area (TPSA) is 41.1 Å². The highest BCUT2D eigenvalue weighted by Crippen LogP contribution is 2.33. The van der Waals surface area contributed by atoms with Crippen LogP contribution in [0.2, 0.25) is 5.02 Å². The van der Waals surface area contributed by atoms with Crippen molar-refractivity contribution in [1.29, 1.82) is 0 Å². The zero-order valence-corrected chi connectivity index (χ0v) is 12.9. The zero-order valence-electron chi connectivity index (χ0n) is 12.2. The molecule has 0 heterocycles. The van der Waals surface area contributed by atoms with Crippen molar-refractivity contribution in [2.45, 2.75) is 19.6 Å². The summed E-state index contributed by atoms with van der Waals surface area (Å²) in [6.45, 7) is 2.20. The van der Waals surface area contributed by atoms with Gasteiger partial charge in [-0.25, -0.2) is 4.79 Å². The van der Waals surface area contributed by atoms with E-state index < -0.39 is 17.8 Å². The molecule has 0 saturated carbocycles. The molecule has 2 aromatic carbocycles. The molecule has 23 heavy (non-hydrogen) atoms. The number of aryl methyl sites for hydroxylation is 1. The number of carbonyl (C=O) groups excluding carboxylic acids is 1. The number of hydrogen-bond donors (Lipinski definition) is 2. The molecule has 0 aromatic heterocycles. The summed E-state index contributed by atoms with van der Waals surface area (Å²) in [6, 6.07) is 9.63. The molecule has 0 aliphatic carbocycles. The van der Waals surface area contributed by atoms with Crippen LogP contribution >= 0.6 is 11.6 Å². The van der Waals surface area contributed by atoms with Crippen molar-refractivity contribution in [3.05, 3.63) is 64.2 Å². The number of alkyl halides is 3. The number of carbonyl (C=O) groups is 1. The van der Waals surface area contributed by atoms with E-state index in [1.807, 2.05) is 31.2 Å². The van der Waals surface area contributed by atoms with E-state index in [0.29, 0.717) is 0 Å². The van der Waals surface area contributed by atoms with E-state index in [0.717, 1.165) is 29.3 Å². The Hall–Kier alpha value is -2.21. The van der Waals surface area contributed by atoms with Crippen LogP contribution in [0.15, 0.2) is 42.5 Å². The van der Waals surface area contributed by atoms with Crippen molar-refractivity contribution in [3.8, 4) is 0 Å². The summed E-state index contributed by atoms with van der Waals surface area (Å²) in [4.78, 5) is 11.8. The second-order valence-electron chi connectivity index (χ2n) is 4.99. The summed E-state index contributed by atoms with van der Waals surface area (Å²) < 4.78 is 38.0. The summed E-state index contributed by atoms with van der Waals surface area (Å²) in [5.74, 6) is 0. The molecule has 0 radical (unpaired) electrons. The van der Waals surface area contributed by atoms with Gasteiger partial charge in [0.2, 0.25) is 0 Å². The van der Waals surface area contributed by atoms with Gasteiger partial charge in [0.05, 0.1) is 16.3 Å². The molecule has 0 spiro atoms. The van der Waals surface area contributed by atoms with Crippen LogP contribution in [0.4, 0.5) is 23.7 Å². The number of nitrogens with one attached hydrogen (secondary N) is 2. The number of urea groups is 1. The van der Waals surface area contributed by atoms with Crippen molar-refractivity contribution < 1.29 is 18.0 Å². The number of benzene rings is 2. The van der Waals surface area contributed by atoms with Crippen molar-refractivity contribution in [3.63, 3.8) is 0 Å². The molecule has 2 amide bonds. The van der Waals surface area contributed by atoms with E-state index in [9.17, 15) is 18.0 Å². The fourth-order valence-corrected chi connectivity index (χ4v) is 2.02. The molecule has 0 unspecified atom stereocenters. The first-order valence-electron chi connectivity index (χ1n) is 6.73. The molecular weight excluding hydrogens is 329 g/mol. The van der Waals surface area contributed by atoms with Gasteiger partial charge < -0.3 is 10.6 Å². The third-order valence-corrected chi connectivity index (χ3v) is 3.45. The molecule has 122 valence electrons. The Morgan fingerprint density at radius 3 is 2.39 bits per heavy atom. The van der Waals surface area contributed by atoms with Gasteiger partial charge in [0, 0.05) is 6.54 Å². The van der Waals surface area contributed by atoms with E-state index in [1.54, 1.807) is 0 Å². The quantitative estimate of drug-likeness (QED) is 0.810. The standard InChI is InChI=1S/C16H14ClF3N2O/c1-10-2-4-11(5-3-10)9-21-15(23)22-14-8-12(16(18,19)20)6-7-13(14)17/h2-8H,9H2,1H3,(H2,21,22,23). The molecule has 0 saturated heterocycles. The summed E-state index contributed by atoms with van der Waals surface area (Å²) in [6.07, 6.45) is -4.50. The molecule has 2 N–H and O–H groups in total. The fraction of sp³-hybridized carbons (Fsp3) is 0.188. The first-order valence-corrected chi connectivity index (χ1v) is 7.10. The van der Waals surface area contributed by atoms with Crippen LogP contribution in [0.5, 0.6) is 0 Å². The monoisotopic (exact) mass is 342 g/mol. The van der Waals surface area contributed by atoms with Crippen LogP contribution in [0.3, 0.4) is 0 Å². The number of hydrogen-bond acceptors (Lipinski definition) is 1. The first-order chi connectivity index (χ1) is 10.8. The third kappa shape index (κ3) is 4.89. The third-order valence-electron chi connectivity index (χ3n) is 3.12. The molecular formula is C16H14ClF3N2O. The Morgan fingerprint density at radius 1 is 1.13 bits per heavy atom. The molecule has 0 fully saturated rings. The largest absolute Gasteiger partial charge is 0.416 e. The molecule has 3 nitrogen and oxygen atoms in total. The average molecular weight is 343 g/mol. The van der Waals surface area contributed by atoms with Crippen molar-refractivity contribution >= 4 is 23.3 Å². The van der Waals surface area contributed by atoms with E-state index in [1.165, 1.54) is 0 Å². The Morgan fingerprint density at radius 2 is 1.78 bits per heavy atom. The van der Waals surface area contributed by atoms with Crippen LogP contribution in [0.1, 0.15) is 16.7 Å². The highest BCUT2D eigenvalue weighted by atomic mass is 35.5. The van der Waals surface area contributed by atoms with Crippen molar-refractivity contribution in [1.82, 2.24) is 5.32 Å². The molecule has 0 bridgehead atoms. The molecule has 0 aliphatic heterocycles. The highest BCUT2D eigenvalue weighted by molar-refractivity contribution is 6.33. The Kier molecular flexibility index (Phi) is 5.15. The Balaban J connectivity index is 2.01. The van der Waals surface area contributed by atoms with Gasteiger partial charge in [-0.3, -0.25) is 0 Å². The van der Waals surface area contributed by atoms with Gasteiger partial charge in [-0.2, -0.15) is 13.2 Å². The lowest BCUT2D eigenvalue weighted by atomic mass is 10.1. The zero-order chi connectivity index (χ0) is 17.0. The average Bonchev–Trinajstić information content (AvgIpc) is 2.48. The fourth-order valence-electron chi connectivity index (χ4n) is 1.85. The highest BCUT2D eigenvalue weighted by Gasteiger charge is 2.31. The second kappa shape index (κ2) is 6.91. The lowest BCUT2D eigenvalue weighted by Gasteiger charge is -2.12. The van der Waals surface area contributed by atoms with Crippen LogP contribution in [-0.2, 0) is 12.7 Å². The summed E-state index contributed by atoms with van der Waals surface area (Å²) in [5, 5.41) is 4.92. The summed E-state index contributed by atoms with van der Waals surface area (Å²) in [5.41, 5.74) is 0.994. The van der Waals surface area contributed by atoms with Crippen LogP contribution in [0.25, 0.3) is 0 Å². The minimum atomic E-state index is -4.50. The molecule has 0 atom stereocenters. The maximum Gasteiger partial charge on any atom is 0.416 e. The molecule has 7 heteroatoms. The van der Waals surface area contributed by atoms with Gasteiger partial charge in [-0.1, -0.05) is 41.4 Å². The molecule has 2 aromatic rings. The smallest absolute Gasteiger partial charge is 0.334 e. The maximum atomic E-state index is 12.7. The SMILES string of the molecule is Cc1ccc(CNC(=O)Nc2cc(C(F)(F)F)ccc2Cl)cc1. The minimum absolute atomic E-state index is 0.0310. The van der Waals surface area contributed by atoms with E-state index in [2.05, 4.69) is 10.6 Å². The van der Waals surface area contributed by atoms with E-state index >= 15 is 0 Å². The van der Waals surface area contributed by atoms with E-state index in [4.69, 9.17) is 11.6 Å². The molecule has 0 aliphatic rings. The molecule has 2 rings (SSSR count). The summed E-state index contributed by atoms with van der Waals surface area (Å²) in [7, 11) is 0. The van der Waals surface area contributed by atoms with Crippen LogP contribution in [0, 0.1) is 6.92 Å². The van der Waals surface area contributed by atoms with Crippen LogP contribution < -0.4 is 10.6 Å². The van der Waals surface area contributed by atoms with Gasteiger partial charge in [-0.15, -0.1) is 0 Å². The van der Waals surface area contributed by atoms with Gasteiger partial charge in [0.15, 0.2) is 0 Å². The van der Waals surface area contributed by atoms with Crippen LogP contribution in [-0.4, -0.2) is 6.03 Å². The van der Waals surface area contributed by atoms with Crippen molar-refractivity contribution in [2.75, 3.05) is 5.32 Å². The number of amides is 2. The Labute approximate surface area is 136 Å². The lowest BCUT2D eigenvalue weighted by Crippen LogP contribution is -2.28. The van der Waals surface area contributed by atoms with Gasteiger partial charge in [0.1, 0.15) is 0 Å². The summed E-state index contributed by atoms with van der Waals surface area (Å²) >= 11 is 5.82. The lowest BCUT2D eigenvalue weighted by molar-refractivity contribution is -0.137. The number of anilines is 1. The first kappa shape index (κ1) is 17.1. The predicted octanol–water partition coefficient (Wildman–Crippen LogP) is 4.99. The Bertz CT molecular complexity index is 699. The number of rotatable bonds is 3. The van der Waals surface area contributed by atoms with Gasteiger partial charge in [0.25, 0.3) is 0 Å².